The van der Waals surface area contributed by atoms with Crippen molar-refractivity contribution in [3.05, 3.63) is 119 Å². The Hall–Kier alpha value is -3.71. The molecule has 3 aromatic rings. The highest BCUT2D eigenvalue weighted by atomic mass is 79.9. The highest BCUT2D eigenvalue weighted by Gasteiger charge is 2.58. The molecule has 4 rings (SSSR count). The van der Waals surface area contributed by atoms with E-state index in [1.807, 2.05) is 66.7 Å². The van der Waals surface area contributed by atoms with Crippen LogP contribution in [0.1, 0.15) is 33.4 Å². The van der Waals surface area contributed by atoms with Crippen LogP contribution in [0.3, 0.4) is 0 Å². The second-order valence-corrected chi connectivity index (χ2v) is 9.46. The number of nitrogens with zero attached hydrogens (tertiary/aromatic N) is 1. The van der Waals surface area contributed by atoms with Crippen LogP contribution in [0, 0.1) is 5.92 Å². The molecule has 0 aromatic heterocycles. The zero-order valence-corrected chi connectivity index (χ0v) is 21.4. The van der Waals surface area contributed by atoms with Crippen LogP contribution in [0.25, 0.3) is 0 Å². The van der Waals surface area contributed by atoms with E-state index in [0.717, 1.165) is 15.6 Å². The van der Waals surface area contributed by atoms with Crippen LogP contribution < -0.4 is 5.32 Å². The van der Waals surface area contributed by atoms with Gasteiger partial charge in [0.15, 0.2) is 0 Å². The van der Waals surface area contributed by atoms with Crippen molar-refractivity contribution < 1.29 is 19.1 Å². The Morgan fingerprint density at radius 1 is 0.972 bits per heavy atom. The molecule has 1 fully saturated rings. The number of ether oxygens (including phenoxy) is 1. The number of hydrogen-bond acceptors (Lipinski definition) is 4. The van der Waals surface area contributed by atoms with Gasteiger partial charge in [-0.2, -0.15) is 0 Å². The second-order valence-electron chi connectivity index (χ2n) is 8.54. The fraction of sp³-hybridized carbons (Fsp3) is 0.207. The fourth-order valence-corrected chi connectivity index (χ4v) is 5.40. The predicted molar refractivity (Wildman–Crippen MR) is 141 cm³/mol. The highest BCUT2D eigenvalue weighted by Crippen LogP contribution is 2.51. The molecule has 4 unspecified atom stereocenters. The van der Waals surface area contributed by atoms with Crippen LogP contribution >= 0.6 is 15.9 Å². The van der Waals surface area contributed by atoms with Crippen molar-refractivity contribution in [2.75, 3.05) is 13.7 Å². The summed E-state index contributed by atoms with van der Waals surface area (Å²) in [5, 5.41) is 2.86. The number of nitrogens with one attached hydrogen (secondary N) is 1. The van der Waals surface area contributed by atoms with Crippen molar-refractivity contribution in [2.45, 2.75) is 18.0 Å². The van der Waals surface area contributed by atoms with Gasteiger partial charge in [0.05, 0.1) is 19.1 Å². The number of hydrogen-bond donors (Lipinski definition) is 1. The van der Waals surface area contributed by atoms with E-state index in [4.69, 9.17) is 4.74 Å². The van der Waals surface area contributed by atoms with E-state index in [0.29, 0.717) is 5.56 Å². The quantitative estimate of drug-likeness (QED) is 0.338. The standard InChI is InChI=1S/C29H27BrN2O4/c1-3-17-31-27(33)26-23(19-11-6-4-7-12-19)24(29(35)36-2)25(20-13-8-5-9-14-20)32(26)28(34)21-15-10-16-22(30)18-21/h3-16,18,23-26H,1,17H2,2H3,(H,31,33). The summed E-state index contributed by atoms with van der Waals surface area (Å²) in [7, 11) is 1.33. The van der Waals surface area contributed by atoms with Gasteiger partial charge in [0.2, 0.25) is 5.91 Å². The summed E-state index contributed by atoms with van der Waals surface area (Å²) in [5.74, 6) is -2.64. The first-order chi connectivity index (χ1) is 17.5. The molecule has 184 valence electrons. The Balaban J connectivity index is 1.97. The van der Waals surface area contributed by atoms with Gasteiger partial charge in [-0.3, -0.25) is 14.4 Å². The van der Waals surface area contributed by atoms with Gasteiger partial charge in [-0.25, -0.2) is 0 Å². The van der Waals surface area contributed by atoms with Gasteiger partial charge in [0.1, 0.15) is 6.04 Å². The van der Waals surface area contributed by atoms with Crippen molar-refractivity contribution >= 4 is 33.7 Å². The fourth-order valence-electron chi connectivity index (χ4n) is 5.00. The molecule has 1 N–H and O–H groups in total. The molecule has 1 aliphatic rings. The van der Waals surface area contributed by atoms with Gasteiger partial charge in [-0.05, 0) is 29.3 Å². The summed E-state index contributed by atoms with van der Waals surface area (Å²) in [6, 6.07) is 24.0. The molecule has 4 atom stereocenters. The lowest BCUT2D eigenvalue weighted by atomic mass is 9.80. The molecular formula is C29H27BrN2O4. The SMILES string of the molecule is C=CCNC(=O)C1C(c2ccccc2)C(C(=O)OC)C(c2ccccc2)N1C(=O)c1cccc(Br)c1. The third kappa shape index (κ3) is 4.97. The molecule has 7 heteroatoms. The van der Waals surface area contributed by atoms with E-state index >= 15 is 0 Å². The second kappa shape index (κ2) is 11.4. The monoisotopic (exact) mass is 546 g/mol. The summed E-state index contributed by atoms with van der Waals surface area (Å²) in [5.41, 5.74) is 1.93. The molecule has 0 saturated carbocycles. The molecule has 0 radical (unpaired) electrons. The minimum Gasteiger partial charge on any atom is -0.469 e. The number of likely N-dealkylation sites (tertiary alicyclic amines) is 1. The molecule has 3 aromatic carbocycles. The van der Waals surface area contributed by atoms with E-state index < -0.39 is 29.9 Å². The number of benzene rings is 3. The zero-order chi connectivity index (χ0) is 25.7. The average Bonchev–Trinajstić information content (AvgIpc) is 3.28. The van der Waals surface area contributed by atoms with Gasteiger partial charge in [-0.15, -0.1) is 6.58 Å². The van der Waals surface area contributed by atoms with Crippen molar-refractivity contribution in [2.24, 2.45) is 5.92 Å². The van der Waals surface area contributed by atoms with Gasteiger partial charge in [0.25, 0.3) is 5.91 Å². The van der Waals surface area contributed by atoms with Crippen LogP contribution in [0.5, 0.6) is 0 Å². The van der Waals surface area contributed by atoms with E-state index in [9.17, 15) is 14.4 Å². The number of methoxy groups -OCH3 is 1. The van der Waals surface area contributed by atoms with Crippen molar-refractivity contribution in [3.63, 3.8) is 0 Å². The topological polar surface area (TPSA) is 75.7 Å². The Morgan fingerprint density at radius 3 is 2.19 bits per heavy atom. The lowest BCUT2D eigenvalue weighted by Gasteiger charge is -2.31. The summed E-state index contributed by atoms with van der Waals surface area (Å²) < 4.78 is 6.00. The smallest absolute Gasteiger partial charge is 0.311 e. The van der Waals surface area contributed by atoms with E-state index in [2.05, 4.69) is 27.8 Å². The minimum atomic E-state index is -0.965. The number of halogens is 1. The van der Waals surface area contributed by atoms with Crippen LogP contribution in [0.4, 0.5) is 0 Å². The minimum absolute atomic E-state index is 0.231. The van der Waals surface area contributed by atoms with Gasteiger partial charge < -0.3 is 15.0 Å². The third-order valence-electron chi connectivity index (χ3n) is 6.46. The first kappa shape index (κ1) is 25.4. The highest BCUT2D eigenvalue weighted by molar-refractivity contribution is 9.10. The number of esters is 1. The van der Waals surface area contributed by atoms with Crippen molar-refractivity contribution in [1.29, 1.82) is 0 Å². The summed E-state index contributed by atoms with van der Waals surface area (Å²) in [4.78, 5) is 42.8. The summed E-state index contributed by atoms with van der Waals surface area (Å²) >= 11 is 3.44. The summed E-state index contributed by atoms with van der Waals surface area (Å²) in [6.45, 7) is 3.92. The molecule has 0 spiro atoms. The number of carbonyl (C=O) groups is 3. The Labute approximate surface area is 219 Å². The normalized spacial score (nSPS) is 21.0. The van der Waals surface area contributed by atoms with Gasteiger partial charge in [0, 0.05) is 22.5 Å². The maximum absolute atomic E-state index is 14.2. The first-order valence-corrected chi connectivity index (χ1v) is 12.4. The van der Waals surface area contributed by atoms with E-state index in [1.165, 1.54) is 7.11 Å². The zero-order valence-electron chi connectivity index (χ0n) is 19.8. The Bertz CT molecular complexity index is 1250. The molecule has 1 heterocycles. The maximum atomic E-state index is 14.2. The number of amides is 2. The molecule has 0 bridgehead atoms. The van der Waals surface area contributed by atoms with Crippen molar-refractivity contribution in [1.82, 2.24) is 10.2 Å². The third-order valence-corrected chi connectivity index (χ3v) is 6.95. The number of rotatable bonds is 7. The molecule has 6 nitrogen and oxygen atoms in total. The maximum Gasteiger partial charge on any atom is 0.311 e. The molecule has 1 aliphatic heterocycles. The molecular weight excluding hydrogens is 520 g/mol. The van der Waals surface area contributed by atoms with E-state index in [-0.39, 0.29) is 18.4 Å². The lowest BCUT2D eigenvalue weighted by molar-refractivity contribution is -0.146. The molecule has 2 amide bonds. The van der Waals surface area contributed by atoms with Crippen LogP contribution in [-0.4, -0.2) is 42.4 Å². The van der Waals surface area contributed by atoms with Crippen molar-refractivity contribution in [3.8, 4) is 0 Å². The molecule has 1 saturated heterocycles. The predicted octanol–water partition coefficient (Wildman–Crippen LogP) is 4.89. The largest absolute Gasteiger partial charge is 0.469 e. The molecule has 36 heavy (non-hydrogen) atoms. The lowest BCUT2D eigenvalue weighted by Crippen LogP contribution is -2.48. The summed E-state index contributed by atoms with van der Waals surface area (Å²) in [6.07, 6.45) is 1.58. The van der Waals surface area contributed by atoms with Gasteiger partial charge in [-0.1, -0.05) is 88.7 Å². The van der Waals surface area contributed by atoms with Crippen LogP contribution in [0.2, 0.25) is 0 Å². The van der Waals surface area contributed by atoms with Crippen LogP contribution in [0.15, 0.2) is 102 Å². The number of carbonyl (C=O) groups excluding carboxylic acids is 3. The Kier molecular flexibility index (Phi) is 8.00. The van der Waals surface area contributed by atoms with Crippen LogP contribution in [-0.2, 0) is 14.3 Å². The van der Waals surface area contributed by atoms with E-state index in [1.54, 1.807) is 29.2 Å². The van der Waals surface area contributed by atoms with Gasteiger partial charge >= 0.3 is 5.97 Å². The molecule has 0 aliphatic carbocycles. The Morgan fingerprint density at radius 2 is 1.61 bits per heavy atom. The first-order valence-electron chi connectivity index (χ1n) is 11.6. The average molecular weight is 547 g/mol.